The molecule has 3 aromatic rings. The van der Waals surface area contributed by atoms with Crippen LogP contribution in [0.5, 0.6) is 0 Å². The zero-order valence-corrected chi connectivity index (χ0v) is 26.5. The molecule has 2 fully saturated rings. The van der Waals surface area contributed by atoms with Crippen molar-refractivity contribution in [1.82, 2.24) is 9.80 Å². The molecule has 0 aromatic heterocycles. The third kappa shape index (κ3) is 8.98. The first-order valence-electron chi connectivity index (χ1n) is 15.7. The lowest BCUT2D eigenvalue weighted by atomic mass is 9.90. The van der Waals surface area contributed by atoms with Crippen molar-refractivity contribution in [3.05, 3.63) is 108 Å². The van der Waals surface area contributed by atoms with E-state index in [9.17, 15) is 9.90 Å². The molecule has 1 amide bonds. The molecule has 0 saturated carbocycles. The molecule has 9 heteroatoms. The van der Waals surface area contributed by atoms with Crippen LogP contribution < -0.4 is 0 Å². The van der Waals surface area contributed by atoms with Crippen LogP contribution in [-0.2, 0) is 48.3 Å². The number of benzene rings is 3. The number of aliphatic hydroxyl groups is 1. The Kier molecular flexibility index (Phi) is 11.4. The minimum absolute atomic E-state index is 0.0654. The molecule has 5 rings (SSSR count). The van der Waals surface area contributed by atoms with Gasteiger partial charge in [-0.25, -0.2) is 0 Å². The quantitative estimate of drug-likeness (QED) is 0.290. The number of rotatable bonds is 14. The monoisotopic (exact) mass is 618 g/mol. The number of amides is 1. The van der Waals surface area contributed by atoms with E-state index in [1.807, 2.05) is 112 Å². The number of nitrogens with zero attached hydrogens (tertiary/aromatic N) is 2. The van der Waals surface area contributed by atoms with Crippen molar-refractivity contribution in [1.29, 1.82) is 0 Å². The molecule has 1 unspecified atom stereocenters. The van der Waals surface area contributed by atoms with E-state index in [1.165, 1.54) is 0 Å². The molecule has 2 saturated heterocycles. The van der Waals surface area contributed by atoms with Gasteiger partial charge in [-0.2, -0.15) is 0 Å². The van der Waals surface area contributed by atoms with E-state index in [0.29, 0.717) is 19.7 Å². The van der Waals surface area contributed by atoms with Crippen LogP contribution in [-0.4, -0.2) is 97.0 Å². The Morgan fingerprint density at radius 1 is 0.800 bits per heavy atom. The van der Waals surface area contributed by atoms with E-state index in [0.717, 1.165) is 29.8 Å². The van der Waals surface area contributed by atoms with Crippen LogP contribution in [0.1, 0.15) is 30.5 Å². The van der Waals surface area contributed by atoms with E-state index >= 15 is 0 Å². The van der Waals surface area contributed by atoms with Crippen LogP contribution in [0.4, 0.5) is 0 Å². The molecule has 0 aliphatic carbocycles. The Morgan fingerprint density at radius 2 is 1.31 bits per heavy atom. The molecule has 0 radical (unpaired) electrons. The van der Waals surface area contributed by atoms with Gasteiger partial charge >= 0.3 is 0 Å². The number of hydrogen-bond acceptors (Lipinski definition) is 8. The molecule has 4 atom stereocenters. The van der Waals surface area contributed by atoms with Crippen LogP contribution in [0.3, 0.4) is 0 Å². The van der Waals surface area contributed by atoms with Crippen molar-refractivity contribution in [2.24, 2.45) is 0 Å². The predicted molar refractivity (Wildman–Crippen MR) is 170 cm³/mol. The Hall–Kier alpha value is -3.15. The van der Waals surface area contributed by atoms with Crippen molar-refractivity contribution < 1.29 is 33.6 Å². The van der Waals surface area contributed by atoms with Crippen LogP contribution in [0.25, 0.3) is 0 Å². The third-order valence-corrected chi connectivity index (χ3v) is 8.31. The maximum atomic E-state index is 14.2. The highest BCUT2D eigenvalue weighted by Crippen LogP contribution is 2.38. The Bertz CT molecular complexity index is 1320. The minimum atomic E-state index is -1.40. The lowest BCUT2D eigenvalue weighted by Crippen LogP contribution is -2.62. The number of hydrogen-bond donors (Lipinski definition) is 1. The van der Waals surface area contributed by atoms with Crippen molar-refractivity contribution in [2.45, 2.75) is 63.4 Å². The van der Waals surface area contributed by atoms with E-state index in [4.69, 9.17) is 23.7 Å². The van der Waals surface area contributed by atoms with E-state index in [-0.39, 0.29) is 32.3 Å². The van der Waals surface area contributed by atoms with E-state index in [2.05, 4.69) is 4.90 Å². The van der Waals surface area contributed by atoms with E-state index in [1.54, 1.807) is 4.90 Å². The molecule has 3 aromatic carbocycles. The number of carbonyl (C=O) groups is 1. The van der Waals surface area contributed by atoms with Crippen molar-refractivity contribution >= 4 is 5.91 Å². The standard InChI is InChI=1S/C36H46N2O7/c1-35(2)44-27-36(45-35,26-41-23-28-13-7-4-8-14-28)33(43-25-30-17-11-6-12-18-30)31(39)32(42-24-29-15-9-5-10-16-29)34(40)38-21-19-37(3)20-22-38/h4-18,31-33,39H,19-27H2,1-3H3/t31-,32-,33+,36?/m1/s1. The molecule has 0 spiro atoms. The molecule has 2 aliphatic rings. The van der Waals surface area contributed by atoms with Crippen molar-refractivity contribution in [3.63, 3.8) is 0 Å². The highest BCUT2D eigenvalue weighted by molar-refractivity contribution is 5.82. The predicted octanol–water partition coefficient (Wildman–Crippen LogP) is 4.03. The zero-order valence-electron chi connectivity index (χ0n) is 26.5. The number of likely N-dealkylation sites (N-methyl/N-ethyl adjacent to an activating group) is 1. The van der Waals surface area contributed by atoms with E-state index < -0.39 is 29.7 Å². The summed E-state index contributed by atoms with van der Waals surface area (Å²) in [7, 11) is 2.03. The molecule has 2 aliphatic heterocycles. The maximum absolute atomic E-state index is 14.2. The second-order valence-corrected chi connectivity index (χ2v) is 12.4. The van der Waals surface area contributed by atoms with Gasteiger partial charge in [0.25, 0.3) is 5.91 Å². The normalized spacial score (nSPS) is 22.2. The first-order chi connectivity index (χ1) is 21.7. The van der Waals surface area contributed by atoms with Gasteiger partial charge < -0.3 is 38.6 Å². The molecule has 1 N–H and O–H groups in total. The Morgan fingerprint density at radius 3 is 1.82 bits per heavy atom. The molecular formula is C36H46N2O7. The summed E-state index contributed by atoms with van der Waals surface area (Å²) in [5, 5.41) is 12.3. The zero-order chi connectivity index (χ0) is 31.7. The first-order valence-corrected chi connectivity index (χ1v) is 15.7. The van der Waals surface area contributed by atoms with Gasteiger partial charge in [0.2, 0.25) is 0 Å². The van der Waals surface area contributed by atoms with Crippen molar-refractivity contribution in [2.75, 3.05) is 46.4 Å². The van der Waals surface area contributed by atoms with Gasteiger partial charge in [-0.05, 0) is 37.6 Å². The Labute approximate surface area is 266 Å². The number of ether oxygens (including phenoxy) is 5. The SMILES string of the molecule is CN1CCN(C(=O)[C@H](OCc2ccccc2)[C@@H](O)[C@H](OCc2ccccc2)C2(COCc3ccccc3)COC(C)(C)O2)CC1. The summed E-state index contributed by atoms with van der Waals surface area (Å²) in [6.07, 6.45) is -3.65. The van der Waals surface area contributed by atoms with Gasteiger partial charge in [-0.3, -0.25) is 4.79 Å². The summed E-state index contributed by atoms with van der Waals surface area (Å²) in [4.78, 5) is 18.1. The largest absolute Gasteiger partial charge is 0.387 e. The fraction of sp³-hybridized carbons (Fsp3) is 0.472. The van der Waals surface area contributed by atoms with Gasteiger partial charge in [-0.15, -0.1) is 0 Å². The van der Waals surface area contributed by atoms with Gasteiger partial charge in [0, 0.05) is 26.2 Å². The summed E-state index contributed by atoms with van der Waals surface area (Å²) >= 11 is 0. The smallest absolute Gasteiger partial charge is 0.254 e. The topological polar surface area (TPSA) is 89.9 Å². The van der Waals surface area contributed by atoms with Crippen LogP contribution >= 0.6 is 0 Å². The average Bonchev–Trinajstić information content (AvgIpc) is 3.37. The second-order valence-electron chi connectivity index (χ2n) is 12.4. The fourth-order valence-corrected chi connectivity index (χ4v) is 5.82. The van der Waals surface area contributed by atoms with Gasteiger partial charge in [0.05, 0.1) is 33.0 Å². The van der Waals surface area contributed by atoms with Crippen LogP contribution in [0, 0.1) is 0 Å². The van der Waals surface area contributed by atoms with Gasteiger partial charge in [-0.1, -0.05) is 91.0 Å². The second kappa shape index (κ2) is 15.4. The molecule has 2 heterocycles. The number of carbonyl (C=O) groups excluding carboxylic acids is 1. The maximum Gasteiger partial charge on any atom is 0.254 e. The van der Waals surface area contributed by atoms with Crippen LogP contribution in [0.2, 0.25) is 0 Å². The summed E-state index contributed by atoms with van der Waals surface area (Å²) in [6.45, 7) is 7.04. The van der Waals surface area contributed by atoms with Gasteiger partial charge in [0.1, 0.15) is 17.8 Å². The fourth-order valence-electron chi connectivity index (χ4n) is 5.82. The minimum Gasteiger partial charge on any atom is -0.387 e. The lowest BCUT2D eigenvalue weighted by Gasteiger charge is -2.42. The van der Waals surface area contributed by atoms with Gasteiger partial charge in [0.15, 0.2) is 11.9 Å². The first kappa shape index (κ1) is 33.2. The molecule has 9 nitrogen and oxygen atoms in total. The molecule has 0 bridgehead atoms. The number of piperazine rings is 1. The number of aliphatic hydroxyl groups excluding tert-OH is 1. The molecule has 242 valence electrons. The van der Waals surface area contributed by atoms with Crippen molar-refractivity contribution in [3.8, 4) is 0 Å². The summed E-state index contributed by atoms with van der Waals surface area (Å²) in [6, 6.07) is 29.2. The van der Waals surface area contributed by atoms with Crippen LogP contribution in [0.15, 0.2) is 91.0 Å². The third-order valence-electron chi connectivity index (χ3n) is 8.31. The highest BCUT2D eigenvalue weighted by atomic mass is 16.8. The summed E-state index contributed by atoms with van der Waals surface area (Å²) in [5.41, 5.74) is 1.58. The average molecular weight is 619 g/mol. The lowest BCUT2D eigenvalue weighted by molar-refractivity contribution is -0.239. The summed E-state index contributed by atoms with van der Waals surface area (Å²) in [5.74, 6) is -1.25. The highest BCUT2D eigenvalue weighted by Gasteiger charge is 2.56. The Balaban J connectivity index is 1.45. The summed E-state index contributed by atoms with van der Waals surface area (Å²) < 4.78 is 31.8. The molecular weight excluding hydrogens is 572 g/mol. The molecule has 45 heavy (non-hydrogen) atoms.